The monoisotopic (exact) mass is 167 g/mol. The molecule has 0 fully saturated rings. The summed E-state index contributed by atoms with van der Waals surface area (Å²) in [5, 5.41) is 0. The molecule has 0 aliphatic heterocycles. The van der Waals surface area contributed by atoms with Crippen LogP contribution in [0.3, 0.4) is 0 Å². The average molecular weight is 168 g/mol. The van der Waals surface area contributed by atoms with Crippen molar-refractivity contribution in [2.24, 2.45) is 0 Å². The van der Waals surface area contributed by atoms with E-state index in [1.165, 1.54) is 0 Å². The molecule has 5 heavy (non-hydrogen) atoms. The Morgan fingerprint density at radius 2 is 1.20 bits per heavy atom. The maximum atomic E-state index is 8.12. The van der Waals surface area contributed by atoms with Gasteiger partial charge in [0.1, 0.15) is 0 Å². The summed E-state index contributed by atoms with van der Waals surface area (Å²) < 4.78 is 8.06. The van der Waals surface area contributed by atoms with Crippen LogP contribution in [0.25, 0.3) is 0 Å². The Kier molecular flexibility index (Phi) is 70.0. The van der Waals surface area contributed by atoms with E-state index in [-0.39, 0.29) is 6.15 Å². The molecule has 0 spiro atoms. The van der Waals surface area contributed by atoms with Crippen molar-refractivity contribution in [2.45, 2.75) is 0 Å². The quantitative estimate of drug-likeness (QED) is 0.449. The number of hydrogen-bond acceptors (Lipinski definition) is 3. The maximum absolute atomic E-state index is 8.12. The second-order valence-corrected chi connectivity index (χ2v) is 0.0833. The topological polar surface area (TPSA) is 51.2 Å². The van der Waals surface area contributed by atoms with E-state index in [9.17, 15) is 0 Å². The molecule has 0 aliphatic carbocycles. The standard InChI is InChI=1S/CO2.Ag.O/c2-1-3;;. The van der Waals surface area contributed by atoms with Crippen molar-refractivity contribution in [3.63, 3.8) is 0 Å². The third-order valence-electron chi connectivity index (χ3n) is 0. The Morgan fingerprint density at radius 1 is 1.20 bits per heavy atom. The van der Waals surface area contributed by atoms with Gasteiger partial charge < -0.3 is 0 Å². The molecule has 0 heterocycles. The molecule has 0 atom stereocenters. The molecule has 0 saturated heterocycles. The van der Waals surface area contributed by atoms with E-state index in [1.54, 1.807) is 21.0 Å². The molecule has 0 aromatic heterocycles. The fourth-order valence-corrected chi connectivity index (χ4v) is 0. The van der Waals surface area contributed by atoms with Crippen LogP contribution >= 0.6 is 0 Å². The summed E-state index contributed by atoms with van der Waals surface area (Å²) in [5.74, 6) is 0. The molecule has 0 aromatic rings. The average Bonchev–Trinajstić information content (AvgIpc) is 1.46. The van der Waals surface area contributed by atoms with Crippen LogP contribution in [0.2, 0.25) is 0 Å². The molecule has 4 heteroatoms. The normalized spacial score (nSPS) is 2.80. The summed E-state index contributed by atoms with van der Waals surface area (Å²) >= 11 is 1.70. The molecule has 0 N–H and O–H groups in total. The second kappa shape index (κ2) is 39.5. The van der Waals surface area contributed by atoms with Gasteiger partial charge >= 0.3 is 30.4 Å². The SMILES string of the molecule is O=C=O.[O]=[Ag]. The van der Waals surface area contributed by atoms with E-state index >= 15 is 0 Å². The van der Waals surface area contributed by atoms with Crippen molar-refractivity contribution >= 4 is 6.15 Å². The summed E-state index contributed by atoms with van der Waals surface area (Å²) in [6.45, 7) is 0. The van der Waals surface area contributed by atoms with Crippen LogP contribution in [0.1, 0.15) is 0 Å². The third kappa shape index (κ3) is 2270. The van der Waals surface area contributed by atoms with Crippen LogP contribution in [-0.2, 0) is 33.9 Å². The zero-order valence-corrected chi connectivity index (χ0v) is 3.51. The van der Waals surface area contributed by atoms with Crippen molar-refractivity contribution in [1.29, 1.82) is 0 Å². The van der Waals surface area contributed by atoms with E-state index in [0.29, 0.717) is 0 Å². The summed E-state index contributed by atoms with van der Waals surface area (Å²) in [7, 11) is 0. The predicted molar refractivity (Wildman–Crippen MR) is 5.69 cm³/mol. The number of carbonyl (C=O) groups excluding carboxylic acids is 2. The Bertz CT molecular complexity index is 36.2. The second-order valence-electron chi connectivity index (χ2n) is 0.0833. The van der Waals surface area contributed by atoms with Crippen LogP contribution < -0.4 is 0 Å². The molecule has 0 unspecified atom stereocenters. The first-order valence-corrected chi connectivity index (χ1v) is 1.14. The van der Waals surface area contributed by atoms with Crippen LogP contribution in [-0.4, -0.2) is 6.15 Å². The molecule has 0 rings (SSSR count). The first kappa shape index (κ1) is 8.87. The van der Waals surface area contributed by atoms with Crippen molar-refractivity contribution in [2.75, 3.05) is 0 Å². The van der Waals surface area contributed by atoms with Gasteiger partial charge in [0.25, 0.3) is 0 Å². The minimum atomic E-state index is 0.250. The Balaban J connectivity index is 0. The predicted octanol–water partition coefficient (Wildman–Crippen LogP) is -0.705. The van der Waals surface area contributed by atoms with Crippen molar-refractivity contribution in [3.05, 3.63) is 0 Å². The van der Waals surface area contributed by atoms with E-state index < -0.39 is 0 Å². The molecular weight excluding hydrogens is 168 g/mol. The van der Waals surface area contributed by atoms with Crippen LogP contribution in [0.15, 0.2) is 0 Å². The van der Waals surface area contributed by atoms with Gasteiger partial charge in [0, 0.05) is 0 Å². The van der Waals surface area contributed by atoms with Crippen LogP contribution in [0.5, 0.6) is 0 Å². The van der Waals surface area contributed by atoms with E-state index in [0.717, 1.165) is 0 Å². The van der Waals surface area contributed by atoms with Crippen molar-refractivity contribution < 1.29 is 33.9 Å². The molecule has 0 aliphatic rings. The first-order valence-electron chi connectivity index (χ1n) is 0.531. The Labute approximate surface area is 40.6 Å². The van der Waals surface area contributed by atoms with E-state index in [4.69, 9.17) is 12.8 Å². The number of rotatable bonds is 0. The molecule has 0 bridgehead atoms. The van der Waals surface area contributed by atoms with Gasteiger partial charge in [-0.2, -0.15) is 9.59 Å². The van der Waals surface area contributed by atoms with Gasteiger partial charge in [-0.05, 0) is 0 Å². The number of hydrogen-bond donors (Lipinski definition) is 0. The van der Waals surface area contributed by atoms with Gasteiger partial charge in [-0.25, -0.2) is 0 Å². The van der Waals surface area contributed by atoms with Gasteiger partial charge in [-0.15, -0.1) is 0 Å². The summed E-state index contributed by atoms with van der Waals surface area (Å²) in [4.78, 5) is 16.2. The zero-order chi connectivity index (χ0) is 4.71. The molecular formula is CAgO3. The summed E-state index contributed by atoms with van der Waals surface area (Å²) in [6, 6.07) is 0. The van der Waals surface area contributed by atoms with Crippen LogP contribution in [0, 0.1) is 0 Å². The van der Waals surface area contributed by atoms with E-state index in [2.05, 4.69) is 0 Å². The molecule has 33 valence electrons. The van der Waals surface area contributed by atoms with Crippen LogP contribution in [0.4, 0.5) is 0 Å². The third-order valence-corrected chi connectivity index (χ3v) is 0. The molecule has 0 saturated carbocycles. The molecule has 0 amide bonds. The first-order chi connectivity index (χ1) is 2.41. The summed E-state index contributed by atoms with van der Waals surface area (Å²) in [5.41, 5.74) is 0. The Hall–Kier alpha value is -0.0797. The molecule has 3 nitrogen and oxygen atoms in total. The fourth-order valence-electron chi connectivity index (χ4n) is 0. The summed E-state index contributed by atoms with van der Waals surface area (Å²) in [6.07, 6.45) is 0.250. The zero-order valence-electron chi connectivity index (χ0n) is 2.03. The molecule has 0 radical (unpaired) electrons. The molecule has 0 aromatic carbocycles. The van der Waals surface area contributed by atoms with E-state index in [1.807, 2.05) is 0 Å². The van der Waals surface area contributed by atoms with Crippen molar-refractivity contribution in [1.82, 2.24) is 0 Å². The Morgan fingerprint density at radius 3 is 1.20 bits per heavy atom. The van der Waals surface area contributed by atoms with Gasteiger partial charge in [-0.1, -0.05) is 0 Å². The fraction of sp³-hybridized carbons (Fsp3) is 0. The van der Waals surface area contributed by atoms with Gasteiger partial charge in [0.05, 0.1) is 0 Å². The van der Waals surface area contributed by atoms with Gasteiger partial charge in [0.15, 0.2) is 0 Å². The van der Waals surface area contributed by atoms with Gasteiger partial charge in [0.2, 0.25) is 0 Å². The minimum absolute atomic E-state index is 0.250. The van der Waals surface area contributed by atoms with Gasteiger partial charge in [-0.3, -0.25) is 0 Å². The van der Waals surface area contributed by atoms with Crippen molar-refractivity contribution in [3.8, 4) is 0 Å².